The van der Waals surface area contributed by atoms with Crippen molar-refractivity contribution in [3.05, 3.63) is 32.1 Å². The molecule has 0 bridgehead atoms. The molecule has 2 aromatic rings. The number of benzene rings is 1. The minimum atomic E-state index is -0.203. The Bertz CT molecular complexity index is 657. The lowest BCUT2D eigenvalue weighted by Crippen LogP contribution is -2.36. The van der Waals surface area contributed by atoms with E-state index in [1.54, 1.807) is 12.1 Å². The minimum Gasteiger partial charge on any atom is -0.350 e. The van der Waals surface area contributed by atoms with E-state index in [2.05, 4.69) is 10.6 Å². The number of hydrogen-bond acceptors (Lipinski definition) is 3. The first-order valence-corrected chi connectivity index (χ1v) is 7.91. The van der Waals surface area contributed by atoms with Crippen molar-refractivity contribution >= 4 is 62.1 Å². The van der Waals surface area contributed by atoms with Crippen LogP contribution in [-0.2, 0) is 0 Å². The van der Waals surface area contributed by atoms with Gasteiger partial charge in [-0.3, -0.25) is 4.79 Å². The van der Waals surface area contributed by atoms with E-state index >= 15 is 0 Å². The van der Waals surface area contributed by atoms with Gasteiger partial charge in [-0.05, 0) is 26.1 Å². The molecular weight excluding hydrogens is 339 g/mol. The summed E-state index contributed by atoms with van der Waals surface area (Å²) in [5.74, 6) is -0.203. The molecule has 0 spiro atoms. The molecule has 1 heterocycles. The third-order valence-corrected chi connectivity index (χ3v) is 5.06. The maximum absolute atomic E-state index is 12.2. The highest BCUT2D eigenvalue weighted by Crippen LogP contribution is 2.41. The van der Waals surface area contributed by atoms with Gasteiger partial charge in [-0.2, -0.15) is 0 Å². The second kappa shape index (κ2) is 6.50. The summed E-state index contributed by atoms with van der Waals surface area (Å²) in [7, 11) is 1.84. The number of likely N-dealkylation sites (N-methyl/N-ethyl adjacent to an activating group) is 1. The van der Waals surface area contributed by atoms with Crippen LogP contribution in [-0.4, -0.2) is 25.5 Å². The molecule has 0 aliphatic rings. The van der Waals surface area contributed by atoms with Gasteiger partial charge in [-0.15, -0.1) is 11.3 Å². The molecule has 0 radical (unpaired) electrons. The second-order valence-electron chi connectivity index (χ2n) is 4.41. The van der Waals surface area contributed by atoms with Gasteiger partial charge in [0.2, 0.25) is 0 Å². The molecule has 1 aromatic carbocycles. The quantitative estimate of drug-likeness (QED) is 0.867. The molecule has 0 saturated carbocycles. The van der Waals surface area contributed by atoms with Crippen LogP contribution >= 0.6 is 46.1 Å². The first kappa shape index (κ1) is 15.9. The van der Waals surface area contributed by atoms with E-state index < -0.39 is 0 Å². The van der Waals surface area contributed by atoms with E-state index in [1.165, 1.54) is 11.3 Å². The van der Waals surface area contributed by atoms with Gasteiger partial charge in [0, 0.05) is 27.7 Å². The predicted molar refractivity (Wildman–Crippen MR) is 87.7 cm³/mol. The lowest BCUT2D eigenvalue weighted by atomic mass is 10.2. The fraction of sp³-hybridized carbons (Fsp3) is 0.308. The average molecular weight is 352 g/mol. The summed E-state index contributed by atoms with van der Waals surface area (Å²) in [6.45, 7) is 2.50. The Morgan fingerprint density at radius 1 is 1.35 bits per heavy atom. The van der Waals surface area contributed by atoms with Crippen LogP contribution < -0.4 is 10.6 Å². The number of hydrogen-bond donors (Lipinski definition) is 2. The van der Waals surface area contributed by atoms with Gasteiger partial charge >= 0.3 is 0 Å². The van der Waals surface area contributed by atoms with Crippen LogP contribution in [0.15, 0.2) is 12.1 Å². The summed E-state index contributed by atoms with van der Waals surface area (Å²) in [5, 5.41) is 7.91. The Morgan fingerprint density at radius 2 is 2.05 bits per heavy atom. The molecule has 7 heteroatoms. The van der Waals surface area contributed by atoms with Crippen molar-refractivity contribution < 1.29 is 4.79 Å². The van der Waals surface area contributed by atoms with Gasteiger partial charge in [-0.1, -0.05) is 34.8 Å². The average Bonchev–Trinajstić information content (AvgIpc) is 2.72. The van der Waals surface area contributed by atoms with Gasteiger partial charge in [0.15, 0.2) is 0 Å². The van der Waals surface area contributed by atoms with Gasteiger partial charge in [-0.25, -0.2) is 0 Å². The van der Waals surface area contributed by atoms with E-state index in [4.69, 9.17) is 34.8 Å². The zero-order chi connectivity index (χ0) is 14.9. The third kappa shape index (κ3) is 3.21. The minimum absolute atomic E-state index is 0.185. The van der Waals surface area contributed by atoms with E-state index in [-0.39, 0.29) is 11.9 Å². The zero-order valence-electron chi connectivity index (χ0n) is 10.9. The van der Waals surface area contributed by atoms with Crippen LogP contribution in [0.25, 0.3) is 10.1 Å². The molecular formula is C13H13Cl3N2OS. The maximum Gasteiger partial charge on any atom is 0.262 e. The Hall–Kier alpha value is -0.520. The highest BCUT2D eigenvalue weighted by molar-refractivity contribution is 7.21. The normalized spacial score (nSPS) is 12.7. The smallest absolute Gasteiger partial charge is 0.262 e. The van der Waals surface area contributed by atoms with E-state index in [9.17, 15) is 4.79 Å². The molecule has 1 amide bonds. The van der Waals surface area contributed by atoms with Crippen molar-refractivity contribution in [1.29, 1.82) is 0 Å². The van der Waals surface area contributed by atoms with Gasteiger partial charge < -0.3 is 10.6 Å². The summed E-state index contributed by atoms with van der Waals surface area (Å²) in [4.78, 5) is 12.6. The van der Waals surface area contributed by atoms with Crippen LogP contribution in [0.4, 0.5) is 0 Å². The van der Waals surface area contributed by atoms with E-state index in [0.717, 1.165) is 4.70 Å². The van der Waals surface area contributed by atoms with Crippen LogP contribution in [0.3, 0.4) is 0 Å². The van der Waals surface area contributed by atoms with Crippen molar-refractivity contribution in [2.24, 2.45) is 0 Å². The number of rotatable bonds is 4. The Kier molecular flexibility index (Phi) is 5.15. The summed E-state index contributed by atoms with van der Waals surface area (Å²) < 4.78 is 0.805. The molecule has 0 fully saturated rings. The van der Waals surface area contributed by atoms with Crippen LogP contribution in [0.5, 0.6) is 0 Å². The first-order chi connectivity index (χ1) is 9.43. The maximum atomic E-state index is 12.2. The Morgan fingerprint density at radius 3 is 2.70 bits per heavy atom. The lowest BCUT2D eigenvalue weighted by molar-refractivity contribution is 0.0955. The van der Waals surface area contributed by atoms with Gasteiger partial charge in [0.05, 0.1) is 10.0 Å². The van der Waals surface area contributed by atoms with Crippen LogP contribution in [0, 0.1) is 0 Å². The summed E-state index contributed by atoms with van der Waals surface area (Å²) in [6.07, 6.45) is 0. The molecule has 0 aliphatic heterocycles. The van der Waals surface area contributed by atoms with Crippen molar-refractivity contribution in [1.82, 2.24) is 10.6 Å². The molecule has 2 rings (SSSR count). The lowest BCUT2D eigenvalue weighted by Gasteiger charge is -2.10. The standard InChI is InChI=1S/C13H13Cl3N2OS/c1-6(17-2)5-18-13(19)12-11(16)10-8(15)3-7(14)4-9(10)20-12/h3-4,6,17H,5H2,1-2H3,(H,18,19). The van der Waals surface area contributed by atoms with Crippen molar-refractivity contribution in [3.63, 3.8) is 0 Å². The summed E-state index contributed by atoms with van der Waals surface area (Å²) in [5.41, 5.74) is 0. The topological polar surface area (TPSA) is 41.1 Å². The molecule has 2 N–H and O–H groups in total. The third-order valence-electron chi connectivity index (χ3n) is 2.92. The largest absolute Gasteiger partial charge is 0.350 e. The number of thiophene rings is 1. The number of halogens is 3. The molecule has 0 aliphatic carbocycles. The zero-order valence-corrected chi connectivity index (χ0v) is 14.0. The van der Waals surface area contributed by atoms with Gasteiger partial charge in [0.1, 0.15) is 4.88 Å². The monoisotopic (exact) mass is 350 g/mol. The molecule has 108 valence electrons. The Labute approximate surface area is 136 Å². The van der Waals surface area contributed by atoms with Crippen molar-refractivity contribution in [3.8, 4) is 0 Å². The number of carbonyl (C=O) groups excluding carboxylic acids is 1. The molecule has 1 aromatic heterocycles. The summed E-state index contributed by atoms with van der Waals surface area (Å²) in [6, 6.07) is 3.56. The Balaban J connectivity index is 2.33. The highest BCUT2D eigenvalue weighted by Gasteiger charge is 2.19. The van der Waals surface area contributed by atoms with E-state index in [1.807, 2.05) is 14.0 Å². The second-order valence-corrected chi connectivity index (χ2v) is 6.68. The fourth-order valence-electron chi connectivity index (χ4n) is 1.69. The predicted octanol–water partition coefficient (Wildman–Crippen LogP) is 4.20. The molecule has 20 heavy (non-hydrogen) atoms. The van der Waals surface area contributed by atoms with Crippen molar-refractivity contribution in [2.45, 2.75) is 13.0 Å². The molecule has 0 saturated heterocycles. The van der Waals surface area contributed by atoms with Crippen molar-refractivity contribution in [2.75, 3.05) is 13.6 Å². The molecule has 3 nitrogen and oxygen atoms in total. The number of fused-ring (bicyclic) bond motifs is 1. The van der Waals surface area contributed by atoms with E-state index in [0.29, 0.717) is 31.9 Å². The highest BCUT2D eigenvalue weighted by atomic mass is 35.5. The fourth-order valence-corrected chi connectivity index (χ4v) is 3.98. The number of amides is 1. The number of carbonyl (C=O) groups is 1. The SMILES string of the molecule is CNC(C)CNC(=O)c1sc2cc(Cl)cc(Cl)c2c1Cl. The number of nitrogens with one attached hydrogen (secondary N) is 2. The summed E-state index contributed by atoms with van der Waals surface area (Å²) >= 11 is 19.6. The van der Waals surface area contributed by atoms with Crippen LogP contribution in [0.1, 0.15) is 16.6 Å². The molecule has 1 atom stereocenters. The van der Waals surface area contributed by atoms with Gasteiger partial charge in [0.25, 0.3) is 5.91 Å². The van der Waals surface area contributed by atoms with Crippen LogP contribution in [0.2, 0.25) is 15.1 Å². The molecule has 1 unspecified atom stereocenters. The first-order valence-electron chi connectivity index (χ1n) is 5.96.